The maximum Gasteiger partial charge on any atom is 0.192 e. The van der Waals surface area contributed by atoms with Gasteiger partial charge in [0, 0.05) is 18.7 Å². The summed E-state index contributed by atoms with van der Waals surface area (Å²) < 4.78 is 28.2. The fraction of sp³-hybridized carbons (Fsp3) is 0.533. The molecule has 0 aromatic heterocycles. The van der Waals surface area contributed by atoms with Gasteiger partial charge >= 0.3 is 0 Å². The van der Waals surface area contributed by atoms with Gasteiger partial charge in [0.2, 0.25) is 0 Å². The molecule has 1 aromatic rings. The molecular formula is C15H22F2N4. The lowest BCUT2D eigenvalue weighted by Gasteiger charge is -2.37. The van der Waals surface area contributed by atoms with E-state index in [9.17, 15) is 8.78 Å². The number of hydrogen-bond acceptors (Lipinski definition) is 4. The number of halogens is 2. The van der Waals surface area contributed by atoms with Crippen LogP contribution >= 0.6 is 0 Å². The minimum atomic E-state index is -0.751. The van der Waals surface area contributed by atoms with Crippen molar-refractivity contribution in [1.29, 1.82) is 0 Å². The summed E-state index contributed by atoms with van der Waals surface area (Å²) in [6.07, 6.45) is 0. The lowest BCUT2D eigenvalue weighted by molar-refractivity contribution is 0.199. The van der Waals surface area contributed by atoms with E-state index in [1.54, 1.807) is 6.92 Å². The number of rotatable bonds is 4. The summed E-state index contributed by atoms with van der Waals surface area (Å²) in [5.41, 5.74) is 5.78. The second-order valence-electron chi connectivity index (χ2n) is 5.98. The standard InChI is InChI=1S/C15H22F2N4/c1-10-7-13(17)11(8-12(10)16)15(2)9-19-14(18)21(15)6-5-20(3)4/h7-8H,5-6,9H2,1-4H3,(H2,18,19). The summed E-state index contributed by atoms with van der Waals surface area (Å²) in [5.74, 6) is -0.457. The molecule has 0 fully saturated rings. The molecule has 1 aliphatic rings. The minimum absolute atomic E-state index is 0.298. The minimum Gasteiger partial charge on any atom is -0.370 e. The van der Waals surface area contributed by atoms with Crippen LogP contribution in [0.1, 0.15) is 18.1 Å². The Morgan fingerprint density at radius 2 is 2.00 bits per heavy atom. The van der Waals surface area contributed by atoms with Crippen LogP contribution in [0.5, 0.6) is 0 Å². The zero-order chi connectivity index (χ0) is 15.8. The van der Waals surface area contributed by atoms with Gasteiger partial charge < -0.3 is 15.5 Å². The third-order valence-electron chi connectivity index (χ3n) is 4.02. The average Bonchev–Trinajstić information content (AvgIpc) is 2.68. The Morgan fingerprint density at radius 3 is 2.62 bits per heavy atom. The van der Waals surface area contributed by atoms with E-state index < -0.39 is 17.2 Å². The second kappa shape index (κ2) is 5.60. The number of guanidine groups is 1. The molecule has 0 saturated carbocycles. The fourth-order valence-corrected chi connectivity index (χ4v) is 2.61. The van der Waals surface area contributed by atoms with Crippen LogP contribution in [0.15, 0.2) is 17.1 Å². The summed E-state index contributed by atoms with van der Waals surface area (Å²) in [5, 5.41) is 0. The van der Waals surface area contributed by atoms with Crippen molar-refractivity contribution in [2.75, 3.05) is 33.7 Å². The Balaban J connectivity index is 2.38. The highest BCUT2D eigenvalue weighted by molar-refractivity contribution is 5.81. The third kappa shape index (κ3) is 2.85. The van der Waals surface area contributed by atoms with Crippen LogP contribution in [0.3, 0.4) is 0 Å². The molecule has 0 bridgehead atoms. The molecule has 1 heterocycles. The predicted molar refractivity (Wildman–Crippen MR) is 80.2 cm³/mol. The number of nitrogens with two attached hydrogens (primary N) is 1. The average molecular weight is 296 g/mol. The van der Waals surface area contributed by atoms with E-state index in [0.717, 1.165) is 6.54 Å². The van der Waals surface area contributed by atoms with Crippen molar-refractivity contribution in [1.82, 2.24) is 9.80 Å². The highest BCUT2D eigenvalue weighted by Gasteiger charge is 2.41. The van der Waals surface area contributed by atoms with Gasteiger partial charge in [-0.1, -0.05) is 0 Å². The summed E-state index contributed by atoms with van der Waals surface area (Å²) in [7, 11) is 3.90. The van der Waals surface area contributed by atoms with Gasteiger partial charge in [-0.2, -0.15) is 0 Å². The molecular weight excluding hydrogens is 274 g/mol. The lowest BCUT2D eigenvalue weighted by Crippen LogP contribution is -2.50. The third-order valence-corrected chi connectivity index (χ3v) is 4.02. The molecule has 0 saturated heterocycles. The molecule has 0 spiro atoms. The lowest BCUT2D eigenvalue weighted by atomic mass is 9.89. The number of aryl methyl sites for hydroxylation is 1. The van der Waals surface area contributed by atoms with Crippen molar-refractivity contribution in [2.45, 2.75) is 19.4 Å². The Labute approximate surface area is 124 Å². The first-order valence-electron chi connectivity index (χ1n) is 6.94. The smallest absolute Gasteiger partial charge is 0.192 e. The van der Waals surface area contributed by atoms with Gasteiger partial charge in [0.1, 0.15) is 11.6 Å². The molecule has 6 heteroatoms. The van der Waals surface area contributed by atoms with Gasteiger partial charge in [0.05, 0.1) is 12.1 Å². The van der Waals surface area contributed by atoms with Gasteiger partial charge in [-0.05, 0) is 45.6 Å². The van der Waals surface area contributed by atoms with Crippen molar-refractivity contribution < 1.29 is 8.78 Å². The zero-order valence-electron chi connectivity index (χ0n) is 13.0. The van der Waals surface area contributed by atoms with Crippen LogP contribution in [0, 0.1) is 18.6 Å². The van der Waals surface area contributed by atoms with E-state index in [0.29, 0.717) is 30.2 Å². The van der Waals surface area contributed by atoms with E-state index in [-0.39, 0.29) is 0 Å². The maximum atomic E-state index is 14.3. The molecule has 4 nitrogen and oxygen atoms in total. The molecule has 116 valence electrons. The van der Waals surface area contributed by atoms with E-state index in [1.165, 1.54) is 12.1 Å². The molecule has 21 heavy (non-hydrogen) atoms. The molecule has 0 amide bonds. The van der Waals surface area contributed by atoms with Crippen molar-refractivity contribution >= 4 is 5.96 Å². The Bertz CT molecular complexity index is 571. The topological polar surface area (TPSA) is 44.9 Å². The van der Waals surface area contributed by atoms with Crippen molar-refractivity contribution in [2.24, 2.45) is 10.7 Å². The quantitative estimate of drug-likeness (QED) is 0.919. The van der Waals surface area contributed by atoms with Crippen LogP contribution < -0.4 is 5.73 Å². The normalized spacial score (nSPS) is 22.0. The summed E-state index contributed by atoms with van der Waals surface area (Å²) in [4.78, 5) is 8.09. The first-order valence-corrected chi connectivity index (χ1v) is 6.94. The van der Waals surface area contributed by atoms with Crippen molar-refractivity contribution in [3.8, 4) is 0 Å². The van der Waals surface area contributed by atoms with E-state index in [1.807, 2.05) is 30.8 Å². The molecule has 1 unspecified atom stereocenters. The maximum absolute atomic E-state index is 14.3. The van der Waals surface area contributed by atoms with Crippen molar-refractivity contribution in [3.05, 3.63) is 34.9 Å². The monoisotopic (exact) mass is 296 g/mol. The zero-order valence-corrected chi connectivity index (χ0v) is 13.0. The number of nitrogens with zero attached hydrogens (tertiary/aromatic N) is 3. The highest BCUT2D eigenvalue weighted by Crippen LogP contribution is 2.35. The van der Waals surface area contributed by atoms with Crippen molar-refractivity contribution in [3.63, 3.8) is 0 Å². The van der Waals surface area contributed by atoms with Crippen LogP contribution in [0.4, 0.5) is 8.78 Å². The second-order valence-corrected chi connectivity index (χ2v) is 5.98. The Hall–Kier alpha value is -1.69. The Morgan fingerprint density at radius 1 is 1.33 bits per heavy atom. The SMILES string of the molecule is Cc1cc(F)c(C2(C)CN=C(N)N2CCN(C)C)cc1F. The number of benzene rings is 1. The highest BCUT2D eigenvalue weighted by atomic mass is 19.1. The van der Waals surface area contributed by atoms with Crippen LogP contribution in [0.2, 0.25) is 0 Å². The first-order chi connectivity index (χ1) is 9.75. The molecule has 1 aromatic carbocycles. The number of aliphatic imine (C=N–C) groups is 1. The molecule has 1 aliphatic heterocycles. The van der Waals surface area contributed by atoms with E-state index >= 15 is 0 Å². The van der Waals surface area contributed by atoms with Gasteiger partial charge in [-0.25, -0.2) is 8.78 Å². The molecule has 0 aliphatic carbocycles. The number of hydrogen-bond donors (Lipinski definition) is 1. The summed E-state index contributed by atoms with van der Waals surface area (Å²) in [6, 6.07) is 2.50. The molecule has 0 radical (unpaired) electrons. The molecule has 2 rings (SSSR count). The fourth-order valence-electron chi connectivity index (χ4n) is 2.61. The first kappa shape index (κ1) is 15.7. The predicted octanol–water partition coefficient (Wildman–Crippen LogP) is 1.68. The van der Waals surface area contributed by atoms with Gasteiger partial charge in [0.15, 0.2) is 5.96 Å². The van der Waals surface area contributed by atoms with E-state index in [2.05, 4.69) is 4.99 Å². The van der Waals surface area contributed by atoms with Crippen LogP contribution in [-0.4, -0.2) is 49.5 Å². The molecule has 2 N–H and O–H groups in total. The summed E-state index contributed by atoms with van der Waals surface area (Å²) in [6.45, 7) is 5.08. The van der Waals surface area contributed by atoms with Gasteiger partial charge in [0.25, 0.3) is 0 Å². The largest absolute Gasteiger partial charge is 0.370 e. The van der Waals surface area contributed by atoms with Gasteiger partial charge in [-0.3, -0.25) is 4.99 Å². The molecule has 1 atom stereocenters. The van der Waals surface area contributed by atoms with Crippen LogP contribution in [-0.2, 0) is 5.54 Å². The number of likely N-dealkylation sites (N-methyl/N-ethyl adjacent to an activating group) is 1. The van der Waals surface area contributed by atoms with Crippen LogP contribution in [0.25, 0.3) is 0 Å². The Kier molecular flexibility index (Phi) is 4.18. The summed E-state index contributed by atoms with van der Waals surface area (Å²) >= 11 is 0. The van der Waals surface area contributed by atoms with E-state index in [4.69, 9.17) is 5.73 Å². The van der Waals surface area contributed by atoms with Gasteiger partial charge in [-0.15, -0.1) is 0 Å².